The first-order chi connectivity index (χ1) is 13.3. The predicted molar refractivity (Wildman–Crippen MR) is 107 cm³/mol. The number of benzene rings is 1. The van der Waals surface area contributed by atoms with E-state index in [0.717, 1.165) is 11.1 Å². The third kappa shape index (κ3) is 4.39. The molecule has 146 valence electrons. The fourth-order valence-electron chi connectivity index (χ4n) is 3.11. The van der Waals surface area contributed by atoms with Gasteiger partial charge in [-0.15, -0.1) is 0 Å². The number of carbonyl (C=O) groups is 1. The number of rotatable bonds is 6. The van der Waals surface area contributed by atoms with Crippen LogP contribution in [-0.4, -0.2) is 22.0 Å². The monoisotopic (exact) mass is 380 g/mol. The molecule has 28 heavy (non-hydrogen) atoms. The number of esters is 1. The zero-order valence-corrected chi connectivity index (χ0v) is 16.6. The van der Waals surface area contributed by atoms with Crippen molar-refractivity contribution in [1.82, 2.24) is 9.38 Å². The van der Waals surface area contributed by atoms with Gasteiger partial charge in [-0.3, -0.25) is 9.20 Å². The van der Waals surface area contributed by atoms with Gasteiger partial charge in [-0.1, -0.05) is 26.0 Å². The molecule has 1 aromatic carbocycles. The first-order valence-electron chi connectivity index (χ1n) is 9.22. The summed E-state index contributed by atoms with van der Waals surface area (Å²) < 4.78 is 12.2. The van der Waals surface area contributed by atoms with Crippen LogP contribution in [0.2, 0.25) is 0 Å². The van der Waals surface area contributed by atoms with Crippen LogP contribution in [0, 0.1) is 13.8 Å². The molecular formula is C22H24N2O4. The number of aryl methyl sites for hydroxylation is 2. The summed E-state index contributed by atoms with van der Waals surface area (Å²) >= 11 is 0. The molecule has 0 unspecified atom stereocenters. The second kappa shape index (κ2) is 8.25. The number of hydrogen-bond acceptors (Lipinski definition) is 5. The van der Waals surface area contributed by atoms with Gasteiger partial charge < -0.3 is 9.47 Å². The van der Waals surface area contributed by atoms with Crippen molar-refractivity contribution in [3.63, 3.8) is 0 Å². The maximum Gasteiger partial charge on any atom is 0.344 e. The molecule has 0 saturated heterocycles. The van der Waals surface area contributed by atoms with Gasteiger partial charge in [0.05, 0.1) is 5.69 Å². The molecule has 0 aliphatic carbocycles. The van der Waals surface area contributed by atoms with Crippen molar-refractivity contribution in [1.29, 1.82) is 0 Å². The molecule has 3 rings (SSSR count). The molecule has 0 amide bonds. The van der Waals surface area contributed by atoms with Gasteiger partial charge >= 0.3 is 5.97 Å². The van der Waals surface area contributed by atoms with Crippen LogP contribution >= 0.6 is 0 Å². The molecule has 0 N–H and O–H groups in total. The largest absolute Gasteiger partial charge is 0.482 e. The van der Waals surface area contributed by atoms with Crippen molar-refractivity contribution < 1.29 is 14.3 Å². The highest BCUT2D eigenvalue weighted by Crippen LogP contribution is 2.23. The molecule has 6 heteroatoms. The van der Waals surface area contributed by atoms with Gasteiger partial charge in [-0.25, -0.2) is 9.78 Å². The zero-order valence-electron chi connectivity index (χ0n) is 16.6. The molecule has 6 nitrogen and oxygen atoms in total. The van der Waals surface area contributed by atoms with Crippen molar-refractivity contribution in [2.45, 2.75) is 40.2 Å². The lowest BCUT2D eigenvalue weighted by Crippen LogP contribution is -2.19. The minimum atomic E-state index is -0.516. The van der Waals surface area contributed by atoms with E-state index in [1.165, 1.54) is 16.0 Å². The van der Waals surface area contributed by atoms with Crippen LogP contribution in [0.3, 0.4) is 0 Å². The summed E-state index contributed by atoms with van der Waals surface area (Å²) in [4.78, 5) is 28.6. The molecule has 2 heterocycles. The summed E-state index contributed by atoms with van der Waals surface area (Å²) in [6.07, 6.45) is 1.66. The standard InChI is InChI=1S/C22H24N2O4/c1-14(2)19-8-7-18(10-16(19)4)27-13-21(26)28-12-17-11-20(25)24-9-5-6-15(3)22(24)23-17/h5-11,14H,12-13H2,1-4H3. The third-order valence-electron chi connectivity index (χ3n) is 4.54. The summed E-state index contributed by atoms with van der Waals surface area (Å²) in [5, 5.41) is 0. The Labute approximate surface area is 163 Å². The molecule has 0 radical (unpaired) electrons. The quantitative estimate of drug-likeness (QED) is 0.612. The maximum atomic E-state index is 12.2. The van der Waals surface area contributed by atoms with Crippen LogP contribution in [0.25, 0.3) is 5.65 Å². The lowest BCUT2D eigenvalue weighted by atomic mass is 9.98. The Kier molecular flexibility index (Phi) is 5.78. The molecule has 0 spiro atoms. The van der Waals surface area contributed by atoms with E-state index in [0.29, 0.717) is 23.0 Å². The smallest absolute Gasteiger partial charge is 0.344 e. The highest BCUT2D eigenvalue weighted by molar-refractivity contribution is 5.71. The lowest BCUT2D eigenvalue weighted by Gasteiger charge is -2.12. The van der Waals surface area contributed by atoms with Crippen LogP contribution in [0.5, 0.6) is 5.75 Å². The van der Waals surface area contributed by atoms with Crippen LogP contribution in [0.15, 0.2) is 47.4 Å². The normalized spacial score (nSPS) is 11.0. The second-order valence-electron chi connectivity index (χ2n) is 7.09. The summed E-state index contributed by atoms with van der Waals surface area (Å²) in [6.45, 7) is 7.88. The molecule has 2 aromatic heterocycles. The van der Waals surface area contributed by atoms with Gasteiger partial charge in [-0.2, -0.15) is 0 Å². The number of ether oxygens (including phenoxy) is 2. The van der Waals surface area contributed by atoms with Gasteiger partial charge in [0, 0.05) is 12.3 Å². The van der Waals surface area contributed by atoms with Gasteiger partial charge in [0.2, 0.25) is 0 Å². The molecule has 0 aliphatic rings. The molecule has 0 aliphatic heterocycles. The van der Waals surface area contributed by atoms with E-state index >= 15 is 0 Å². The third-order valence-corrected chi connectivity index (χ3v) is 4.54. The number of carbonyl (C=O) groups excluding carboxylic acids is 1. The number of aromatic nitrogens is 2. The second-order valence-corrected chi connectivity index (χ2v) is 7.09. The Hall–Kier alpha value is -3.15. The van der Waals surface area contributed by atoms with Crippen LogP contribution in [0.4, 0.5) is 0 Å². The first kappa shape index (κ1) is 19.6. The number of hydrogen-bond donors (Lipinski definition) is 0. The molecule has 0 fully saturated rings. The minimum absolute atomic E-state index is 0.0758. The Morgan fingerprint density at radius 1 is 1.14 bits per heavy atom. The highest BCUT2D eigenvalue weighted by Gasteiger charge is 2.10. The van der Waals surface area contributed by atoms with Crippen molar-refractivity contribution in [2.24, 2.45) is 0 Å². The van der Waals surface area contributed by atoms with E-state index in [1.807, 2.05) is 38.1 Å². The van der Waals surface area contributed by atoms with Gasteiger partial charge in [0.25, 0.3) is 5.56 Å². The SMILES string of the molecule is Cc1cc(OCC(=O)OCc2cc(=O)n3cccc(C)c3n2)ccc1C(C)C. The van der Waals surface area contributed by atoms with Crippen molar-refractivity contribution in [3.8, 4) is 5.75 Å². The average molecular weight is 380 g/mol. The van der Waals surface area contributed by atoms with Gasteiger partial charge in [-0.05, 0) is 54.7 Å². The summed E-state index contributed by atoms with van der Waals surface area (Å²) in [7, 11) is 0. The zero-order chi connectivity index (χ0) is 20.3. The summed E-state index contributed by atoms with van der Waals surface area (Å²) in [5.74, 6) is 0.537. The average Bonchev–Trinajstić information content (AvgIpc) is 2.65. The summed E-state index contributed by atoms with van der Waals surface area (Å²) in [5.41, 5.74) is 3.99. The van der Waals surface area contributed by atoms with Crippen molar-refractivity contribution in [3.05, 3.63) is 75.3 Å². The molecule has 3 aromatic rings. The lowest BCUT2D eigenvalue weighted by molar-refractivity contribution is -0.147. The van der Waals surface area contributed by atoms with Crippen molar-refractivity contribution in [2.75, 3.05) is 6.61 Å². The number of fused-ring (bicyclic) bond motifs is 1. The van der Waals surface area contributed by atoms with Gasteiger partial charge in [0.15, 0.2) is 6.61 Å². The fourth-order valence-corrected chi connectivity index (χ4v) is 3.11. The van der Waals surface area contributed by atoms with Crippen LogP contribution < -0.4 is 10.3 Å². The Bertz CT molecular complexity index is 1070. The predicted octanol–water partition coefficient (Wildman–Crippen LogP) is 3.56. The molecule has 0 atom stereocenters. The van der Waals surface area contributed by atoms with Crippen LogP contribution in [0.1, 0.15) is 42.1 Å². The summed E-state index contributed by atoms with van der Waals surface area (Å²) in [6, 6.07) is 10.8. The first-order valence-corrected chi connectivity index (χ1v) is 9.22. The highest BCUT2D eigenvalue weighted by atomic mass is 16.6. The Morgan fingerprint density at radius 3 is 2.64 bits per heavy atom. The van der Waals surface area contributed by atoms with E-state index in [2.05, 4.69) is 18.8 Å². The minimum Gasteiger partial charge on any atom is -0.482 e. The van der Waals surface area contributed by atoms with Crippen LogP contribution in [-0.2, 0) is 16.1 Å². The van der Waals surface area contributed by atoms with E-state index in [4.69, 9.17) is 9.47 Å². The molecule has 0 saturated carbocycles. The van der Waals surface area contributed by atoms with E-state index < -0.39 is 5.97 Å². The topological polar surface area (TPSA) is 69.9 Å². The van der Waals surface area contributed by atoms with Crippen molar-refractivity contribution >= 4 is 11.6 Å². The fraction of sp³-hybridized carbons (Fsp3) is 0.318. The molecule has 0 bridgehead atoms. The Balaban J connectivity index is 1.60. The number of pyridine rings is 1. The van der Waals surface area contributed by atoms with Gasteiger partial charge in [0.1, 0.15) is 18.0 Å². The van der Waals surface area contributed by atoms with E-state index in [1.54, 1.807) is 12.3 Å². The van der Waals surface area contributed by atoms with E-state index in [9.17, 15) is 9.59 Å². The van der Waals surface area contributed by atoms with E-state index in [-0.39, 0.29) is 18.8 Å². The molecular weight excluding hydrogens is 356 g/mol. The Morgan fingerprint density at radius 2 is 1.93 bits per heavy atom. The number of nitrogens with zero attached hydrogens (tertiary/aromatic N) is 2. The maximum absolute atomic E-state index is 12.2.